The van der Waals surface area contributed by atoms with E-state index in [0.717, 1.165) is 9.37 Å². The van der Waals surface area contributed by atoms with Crippen molar-refractivity contribution in [3.63, 3.8) is 0 Å². The van der Waals surface area contributed by atoms with E-state index in [1.165, 1.54) is 6.20 Å². The van der Waals surface area contributed by atoms with Crippen molar-refractivity contribution < 1.29 is 24.0 Å². The van der Waals surface area contributed by atoms with Crippen molar-refractivity contribution in [1.82, 2.24) is 20.5 Å². The zero-order chi connectivity index (χ0) is 22.8. The first-order valence-electron chi connectivity index (χ1n) is 10.1. The maximum atomic E-state index is 12.8. The van der Waals surface area contributed by atoms with E-state index < -0.39 is 17.7 Å². The second kappa shape index (κ2) is 8.99. The lowest BCUT2D eigenvalue weighted by atomic mass is 9.94. The molecule has 1 atom stereocenters. The van der Waals surface area contributed by atoms with Crippen molar-refractivity contribution in [2.45, 2.75) is 25.8 Å². The number of carbonyl (C=O) groups excluding carboxylic acids is 5. The Morgan fingerprint density at radius 1 is 1.12 bits per heavy atom. The van der Waals surface area contributed by atoms with E-state index in [2.05, 4.69) is 31.5 Å². The van der Waals surface area contributed by atoms with Crippen LogP contribution in [0.4, 0.5) is 0 Å². The van der Waals surface area contributed by atoms with Crippen LogP contribution in [0, 0.1) is 5.92 Å². The average Bonchev–Trinajstić information content (AvgIpc) is 3.01. The number of piperidine rings is 1. The van der Waals surface area contributed by atoms with Gasteiger partial charge >= 0.3 is 0 Å². The highest BCUT2D eigenvalue weighted by Gasteiger charge is 2.36. The van der Waals surface area contributed by atoms with E-state index in [4.69, 9.17) is 0 Å². The van der Waals surface area contributed by atoms with Crippen LogP contribution < -0.4 is 10.6 Å². The molecule has 5 amide bonds. The number of halogens is 1. The minimum absolute atomic E-state index is 0.0972. The van der Waals surface area contributed by atoms with Crippen molar-refractivity contribution in [3.8, 4) is 0 Å². The zero-order valence-electron chi connectivity index (χ0n) is 16.9. The summed E-state index contributed by atoms with van der Waals surface area (Å²) in [6, 6.07) is 8.15. The summed E-state index contributed by atoms with van der Waals surface area (Å²) in [6.45, 7) is 0.265. The first-order chi connectivity index (χ1) is 15.3. The van der Waals surface area contributed by atoms with Crippen molar-refractivity contribution in [2.24, 2.45) is 5.92 Å². The maximum absolute atomic E-state index is 12.8. The van der Waals surface area contributed by atoms with Crippen LogP contribution in [0.5, 0.6) is 0 Å². The van der Waals surface area contributed by atoms with Gasteiger partial charge in [0, 0.05) is 36.1 Å². The Kier molecular flexibility index (Phi) is 6.13. The Bertz CT molecular complexity index is 1130. The van der Waals surface area contributed by atoms with E-state index >= 15 is 0 Å². The highest BCUT2D eigenvalue weighted by atomic mass is 79.9. The summed E-state index contributed by atoms with van der Waals surface area (Å²) in [5.41, 5.74) is 1.50. The zero-order valence-corrected chi connectivity index (χ0v) is 18.5. The van der Waals surface area contributed by atoms with E-state index in [-0.39, 0.29) is 48.5 Å². The molecule has 2 aliphatic rings. The number of rotatable bonds is 6. The molecule has 164 valence electrons. The van der Waals surface area contributed by atoms with Crippen LogP contribution in [0.2, 0.25) is 0 Å². The smallest absolute Gasteiger partial charge is 0.270 e. The largest absolute Gasteiger partial charge is 0.347 e. The molecule has 2 aromatic rings. The van der Waals surface area contributed by atoms with Gasteiger partial charge in [-0.1, -0.05) is 6.07 Å². The molecule has 2 aliphatic heterocycles. The molecule has 4 rings (SSSR count). The minimum Gasteiger partial charge on any atom is -0.347 e. The number of amides is 5. The minimum atomic E-state index is -0.431. The summed E-state index contributed by atoms with van der Waals surface area (Å²) in [5.74, 6) is -2.27. The summed E-state index contributed by atoms with van der Waals surface area (Å²) < 4.78 is 0.762. The second-order valence-electron chi connectivity index (χ2n) is 7.62. The highest BCUT2D eigenvalue weighted by molar-refractivity contribution is 9.10. The van der Waals surface area contributed by atoms with E-state index in [1.54, 1.807) is 30.3 Å². The molecular weight excluding hydrogens is 480 g/mol. The lowest BCUT2D eigenvalue weighted by Crippen LogP contribution is -2.42. The summed E-state index contributed by atoms with van der Waals surface area (Å²) in [5, 5.41) is 5.02. The molecule has 0 radical (unpaired) electrons. The van der Waals surface area contributed by atoms with Crippen LogP contribution in [0.3, 0.4) is 0 Å². The van der Waals surface area contributed by atoms with Gasteiger partial charge in [0.1, 0.15) is 5.69 Å². The predicted molar refractivity (Wildman–Crippen MR) is 115 cm³/mol. The van der Waals surface area contributed by atoms with Gasteiger partial charge in [0.2, 0.25) is 11.8 Å². The molecule has 1 aromatic heterocycles. The number of fused-ring (bicyclic) bond motifs is 1. The number of aromatic nitrogens is 1. The van der Waals surface area contributed by atoms with Crippen molar-refractivity contribution in [3.05, 3.63) is 63.4 Å². The SMILES string of the molecule is O=C1CC[C@@H](CCN2C(=O)c3ccc(CNC(=O)c4ccc(Br)cn4)cc3C2=O)C(=O)N1. The van der Waals surface area contributed by atoms with Gasteiger partial charge in [-0.25, -0.2) is 4.98 Å². The molecule has 1 saturated heterocycles. The van der Waals surface area contributed by atoms with Gasteiger partial charge in [-0.15, -0.1) is 0 Å². The van der Waals surface area contributed by atoms with Crippen LogP contribution in [0.25, 0.3) is 0 Å². The van der Waals surface area contributed by atoms with Gasteiger partial charge in [0.15, 0.2) is 0 Å². The third kappa shape index (κ3) is 4.45. The van der Waals surface area contributed by atoms with E-state index in [1.807, 2.05) is 0 Å². The number of pyridine rings is 1. The summed E-state index contributed by atoms with van der Waals surface area (Å²) in [4.78, 5) is 66.1. The fourth-order valence-corrected chi connectivity index (χ4v) is 3.97. The number of carbonyl (C=O) groups is 5. The summed E-state index contributed by atoms with van der Waals surface area (Å²) >= 11 is 3.26. The molecule has 0 saturated carbocycles. The predicted octanol–water partition coefficient (Wildman–Crippen LogP) is 1.81. The van der Waals surface area contributed by atoms with Crippen LogP contribution in [-0.4, -0.2) is 46.0 Å². The summed E-state index contributed by atoms with van der Waals surface area (Å²) in [7, 11) is 0. The van der Waals surface area contributed by atoms with Crippen LogP contribution in [0.15, 0.2) is 41.0 Å². The van der Waals surface area contributed by atoms with Gasteiger partial charge in [-0.05, 0) is 58.6 Å². The number of nitrogens with one attached hydrogen (secondary N) is 2. The van der Waals surface area contributed by atoms with Crippen molar-refractivity contribution >= 4 is 45.5 Å². The number of hydrogen-bond donors (Lipinski definition) is 2. The monoisotopic (exact) mass is 498 g/mol. The number of hydrogen-bond acceptors (Lipinski definition) is 6. The van der Waals surface area contributed by atoms with Crippen LogP contribution in [-0.2, 0) is 16.1 Å². The number of benzene rings is 1. The van der Waals surface area contributed by atoms with E-state index in [9.17, 15) is 24.0 Å². The number of nitrogens with zero attached hydrogens (tertiary/aromatic N) is 2. The molecule has 3 heterocycles. The lowest BCUT2D eigenvalue weighted by Gasteiger charge is -2.22. The van der Waals surface area contributed by atoms with Crippen molar-refractivity contribution in [2.75, 3.05) is 6.54 Å². The lowest BCUT2D eigenvalue weighted by molar-refractivity contribution is -0.136. The molecule has 2 N–H and O–H groups in total. The van der Waals surface area contributed by atoms with Gasteiger partial charge in [-0.2, -0.15) is 0 Å². The molecule has 10 heteroatoms. The first-order valence-corrected chi connectivity index (χ1v) is 10.9. The van der Waals surface area contributed by atoms with Gasteiger partial charge in [0.05, 0.1) is 11.1 Å². The molecule has 0 bridgehead atoms. The van der Waals surface area contributed by atoms with Gasteiger partial charge in [0.25, 0.3) is 17.7 Å². The molecule has 0 unspecified atom stereocenters. The second-order valence-corrected chi connectivity index (χ2v) is 8.54. The Hall–Kier alpha value is -3.40. The van der Waals surface area contributed by atoms with Crippen LogP contribution in [0.1, 0.15) is 56.0 Å². The Labute approximate surface area is 191 Å². The molecule has 9 nitrogen and oxygen atoms in total. The first kappa shape index (κ1) is 21.8. The fraction of sp³-hybridized carbons (Fsp3) is 0.273. The van der Waals surface area contributed by atoms with Crippen molar-refractivity contribution in [1.29, 1.82) is 0 Å². The summed E-state index contributed by atoms with van der Waals surface area (Å²) in [6.07, 6.45) is 2.49. The Balaban J connectivity index is 1.39. The molecule has 1 aromatic carbocycles. The topological polar surface area (TPSA) is 126 Å². The molecular formula is C22H19BrN4O5. The van der Waals surface area contributed by atoms with Gasteiger partial charge in [-0.3, -0.25) is 34.2 Å². The van der Waals surface area contributed by atoms with E-state index in [0.29, 0.717) is 24.0 Å². The Morgan fingerprint density at radius 3 is 2.62 bits per heavy atom. The molecule has 1 fully saturated rings. The highest BCUT2D eigenvalue weighted by Crippen LogP contribution is 2.26. The molecule has 0 spiro atoms. The average molecular weight is 499 g/mol. The molecule has 0 aliphatic carbocycles. The normalized spacial score (nSPS) is 17.9. The number of imide groups is 2. The third-order valence-corrected chi connectivity index (χ3v) is 5.97. The third-order valence-electron chi connectivity index (χ3n) is 5.50. The molecule has 32 heavy (non-hydrogen) atoms. The van der Waals surface area contributed by atoms with Gasteiger partial charge < -0.3 is 5.32 Å². The fourth-order valence-electron chi connectivity index (χ4n) is 3.73. The standard InChI is InChI=1S/C22H19BrN4O5/c23-14-3-5-17(24-11-14)20(30)25-10-12-1-4-15-16(9-12)22(32)27(21(15)31)8-7-13-2-6-18(28)26-19(13)29/h1,3-5,9,11,13H,2,6-8,10H2,(H,25,30)(H,26,28,29)/t13-/m0/s1. The Morgan fingerprint density at radius 2 is 1.91 bits per heavy atom. The quantitative estimate of drug-likeness (QED) is 0.585. The van der Waals surface area contributed by atoms with Crippen LogP contribution >= 0.6 is 15.9 Å². The maximum Gasteiger partial charge on any atom is 0.270 e.